The van der Waals surface area contributed by atoms with Crippen LogP contribution < -0.4 is 0 Å². The van der Waals surface area contributed by atoms with Crippen LogP contribution in [0.3, 0.4) is 0 Å². The fourth-order valence-electron chi connectivity index (χ4n) is 0.287. The van der Waals surface area contributed by atoms with Crippen molar-refractivity contribution in [2.45, 2.75) is 6.92 Å². The summed E-state index contributed by atoms with van der Waals surface area (Å²) in [5.74, 6) is 0. The molecule has 1 atom stereocenters. The SMILES string of the molecule is C=N[P+](C)(CC)OC. The summed E-state index contributed by atoms with van der Waals surface area (Å²) in [5.41, 5.74) is 0. The van der Waals surface area contributed by atoms with Crippen molar-refractivity contribution in [2.75, 3.05) is 19.9 Å². The largest absolute Gasteiger partial charge is 0.257 e. The van der Waals surface area contributed by atoms with E-state index in [-0.39, 0.29) is 0 Å². The fraction of sp³-hybridized carbons (Fsp3) is 0.800. The standard InChI is InChI=1S/C5H13NOP/c1-5-8(4,6-2)7-3/h2,5H2,1,3-4H3/q+1. The summed E-state index contributed by atoms with van der Waals surface area (Å²) in [6.07, 6.45) is 0.979. The molecular weight excluding hydrogens is 121 g/mol. The van der Waals surface area contributed by atoms with E-state index in [1.54, 1.807) is 7.11 Å². The van der Waals surface area contributed by atoms with Crippen molar-refractivity contribution >= 4 is 14.4 Å². The van der Waals surface area contributed by atoms with Gasteiger partial charge in [-0.3, -0.25) is 0 Å². The average molecular weight is 134 g/mol. The van der Waals surface area contributed by atoms with E-state index in [0.29, 0.717) is 0 Å². The second-order valence-electron chi connectivity index (χ2n) is 1.69. The van der Waals surface area contributed by atoms with Gasteiger partial charge in [-0.25, -0.2) is 4.52 Å². The highest BCUT2D eigenvalue weighted by atomic mass is 31.2. The first-order valence-electron chi connectivity index (χ1n) is 2.58. The molecule has 0 amide bonds. The van der Waals surface area contributed by atoms with Crippen LogP contribution in [0.1, 0.15) is 6.92 Å². The maximum absolute atomic E-state index is 5.12. The Bertz CT molecular complexity index is 80.5. The van der Waals surface area contributed by atoms with E-state index < -0.39 is 7.64 Å². The first-order chi connectivity index (χ1) is 3.68. The van der Waals surface area contributed by atoms with Crippen molar-refractivity contribution in [1.82, 2.24) is 0 Å². The van der Waals surface area contributed by atoms with Gasteiger partial charge in [-0.2, -0.15) is 0 Å². The number of rotatable bonds is 3. The highest BCUT2D eigenvalue weighted by Gasteiger charge is 2.26. The molecule has 0 rings (SSSR count). The minimum atomic E-state index is -1.40. The quantitative estimate of drug-likeness (QED) is 0.426. The lowest BCUT2D eigenvalue weighted by atomic mass is 11.0. The lowest BCUT2D eigenvalue weighted by Gasteiger charge is -2.08. The van der Waals surface area contributed by atoms with E-state index in [9.17, 15) is 0 Å². The molecule has 0 aromatic heterocycles. The maximum Gasteiger partial charge on any atom is 0.257 e. The monoisotopic (exact) mass is 134 g/mol. The number of hydrogen-bond donors (Lipinski definition) is 0. The molecule has 0 saturated carbocycles. The molecule has 0 bridgehead atoms. The Morgan fingerprint density at radius 2 is 2.25 bits per heavy atom. The van der Waals surface area contributed by atoms with Gasteiger partial charge in [0, 0.05) is 6.72 Å². The molecule has 0 aromatic rings. The third-order valence-electron chi connectivity index (χ3n) is 1.28. The predicted molar refractivity (Wildman–Crippen MR) is 39.9 cm³/mol. The normalized spacial score (nSPS) is 17.4. The second-order valence-corrected chi connectivity index (χ2v) is 5.07. The van der Waals surface area contributed by atoms with Gasteiger partial charge in [-0.15, -0.1) is 4.76 Å². The molecule has 0 radical (unpaired) electrons. The Morgan fingerprint density at radius 1 is 1.75 bits per heavy atom. The van der Waals surface area contributed by atoms with Crippen LogP contribution in [-0.2, 0) is 4.52 Å². The van der Waals surface area contributed by atoms with Gasteiger partial charge in [0.25, 0.3) is 7.64 Å². The third-order valence-corrected chi connectivity index (χ3v) is 3.84. The molecule has 0 N–H and O–H groups in total. The number of hydrogen-bond acceptors (Lipinski definition) is 2. The average Bonchev–Trinajstić information content (AvgIpc) is 1.87. The third kappa shape index (κ3) is 1.89. The number of nitrogens with zero attached hydrogens (tertiary/aromatic N) is 1. The molecule has 1 unspecified atom stereocenters. The van der Waals surface area contributed by atoms with Crippen LogP contribution in [0.4, 0.5) is 0 Å². The summed E-state index contributed by atoms with van der Waals surface area (Å²) >= 11 is 0. The zero-order chi connectivity index (χ0) is 6.62. The van der Waals surface area contributed by atoms with E-state index in [4.69, 9.17) is 4.52 Å². The van der Waals surface area contributed by atoms with Gasteiger partial charge < -0.3 is 0 Å². The lowest BCUT2D eigenvalue weighted by Crippen LogP contribution is -1.91. The minimum Gasteiger partial charge on any atom is -0.215 e. The molecule has 8 heavy (non-hydrogen) atoms. The van der Waals surface area contributed by atoms with E-state index in [1.165, 1.54) is 0 Å². The molecule has 0 aliphatic rings. The Kier molecular flexibility index (Phi) is 3.18. The summed E-state index contributed by atoms with van der Waals surface area (Å²) < 4.78 is 9.01. The van der Waals surface area contributed by atoms with Crippen molar-refractivity contribution in [3.05, 3.63) is 0 Å². The van der Waals surface area contributed by atoms with Crippen LogP contribution in [0.2, 0.25) is 0 Å². The van der Waals surface area contributed by atoms with Gasteiger partial charge in [0.1, 0.15) is 6.16 Å². The Morgan fingerprint density at radius 3 is 2.25 bits per heavy atom. The molecule has 3 heteroatoms. The minimum absolute atomic E-state index is 0.979. The highest BCUT2D eigenvalue weighted by molar-refractivity contribution is 7.69. The summed E-state index contributed by atoms with van der Waals surface area (Å²) in [5, 5.41) is 0. The maximum atomic E-state index is 5.12. The van der Waals surface area contributed by atoms with Crippen molar-refractivity contribution in [1.29, 1.82) is 0 Å². The van der Waals surface area contributed by atoms with Crippen LogP contribution >= 0.6 is 7.64 Å². The Balaban J connectivity index is 3.76. The van der Waals surface area contributed by atoms with E-state index in [0.717, 1.165) is 6.16 Å². The van der Waals surface area contributed by atoms with E-state index in [2.05, 4.69) is 18.4 Å². The van der Waals surface area contributed by atoms with Gasteiger partial charge in [0.05, 0.1) is 13.8 Å². The smallest absolute Gasteiger partial charge is 0.215 e. The van der Waals surface area contributed by atoms with Crippen molar-refractivity contribution in [3.8, 4) is 0 Å². The van der Waals surface area contributed by atoms with Gasteiger partial charge in [0.15, 0.2) is 0 Å². The van der Waals surface area contributed by atoms with Crippen LogP contribution in [-0.4, -0.2) is 26.7 Å². The van der Waals surface area contributed by atoms with Gasteiger partial charge in [-0.05, 0) is 6.92 Å². The van der Waals surface area contributed by atoms with Gasteiger partial charge in [0.2, 0.25) is 0 Å². The lowest BCUT2D eigenvalue weighted by molar-refractivity contribution is 0.449. The molecule has 0 aliphatic carbocycles. The summed E-state index contributed by atoms with van der Waals surface area (Å²) in [7, 11) is 0.288. The van der Waals surface area contributed by atoms with Crippen molar-refractivity contribution in [3.63, 3.8) is 0 Å². The molecule has 2 nitrogen and oxygen atoms in total. The van der Waals surface area contributed by atoms with Crippen molar-refractivity contribution < 1.29 is 4.52 Å². The molecule has 0 spiro atoms. The highest BCUT2D eigenvalue weighted by Crippen LogP contribution is 2.55. The fourth-order valence-corrected chi connectivity index (χ4v) is 0.861. The molecular formula is C5H13NOP+. The Hall–Kier alpha value is 0.0600. The summed E-state index contributed by atoms with van der Waals surface area (Å²) in [4.78, 5) is 0. The zero-order valence-electron chi connectivity index (χ0n) is 5.72. The zero-order valence-corrected chi connectivity index (χ0v) is 6.61. The molecule has 0 saturated heterocycles. The van der Waals surface area contributed by atoms with Crippen LogP contribution in [0, 0.1) is 0 Å². The first-order valence-corrected chi connectivity index (χ1v) is 4.87. The molecule has 0 aliphatic heterocycles. The van der Waals surface area contributed by atoms with Crippen LogP contribution in [0.25, 0.3) is 0 Å². The van der Waals surface area contributed by atoms with Gasteiger partial charge >= 0.3 is 0 Å². The van der Waals surface area contributed by atoms with E-state index in [1.807, 2.05) is 6.66 Å². The van der Waals surface area contributed by atoms with Crippen LogP contribution in [0.15, 0.2) is 4.76 Å². The summed E-state index contributed by atoms with van der Waals surface area (Å²) in [6.45, 7) is 7.52. The topological polar surface area (TPSA) is 21.6 Å². The van der Waals surface area contributed by atoms with Gasteiger partial charge in [-0.1, -0.05) is 0 Å². The summed E-state index contributed by atoms with van der Waals surface area (Å²) in [6, 6.07) is 0. The van der Waals surface area contributed by atoms with Crippen molar-refractivity contribution in [2.24, 2.45) is 4.76 Å². The second kappa shape index (κ2) is 3.16. The van der Waals surface area contributed by atoms with E-state index >= 15 is 0 Å². The molecule has 48 valence electrons. The van der Waals surface area contributed by atoms with Crippen LogP contribution in [0.5, 0.6) is 0 Å². The predicted octanol–water partition coefficient (Wildman–Crippen LogP) is 1.83. The molecule has 0 fully saturated rings. The molecule has 0 heterocycles. The Labute approximate surface area is 51.4 Å². The first kappa shape index (κ1) is 8.06. The molecule has 0 aromatic carbocycles.